The lowest BCUT2D eigenvalue weighted by Crippen LogP contribution is -2.41. The number of sulfonamides is 1. The van der Waals surface area contributed by atoms with Gasteiger partial charge in [-0.1, -0.05) is 29.3 Å². The largest absolute Gasteiger partial charge is 0.452 e. The van der Waals surface area contributed by atoms with Crippen LogP contribution in [0.2, 0.25) is 10.3 Å². The molecule has 1 saturated heterocycles. The van der Waals surface area contributed by atoms with Crippen LogP contribution in [0.1, 0.15) is 15.9 Å². The molecule has 9 nitrogen and oxygen atoms in total. The molecule has 0 radical (unpaired) electrons. The fourth-order valence-electron chi connectivity index (χ4n) is 2.86. The number of rotatable bonds is 6. The van der Waals surface area contributed by atoms with Crippen molar-refractivity contribution in [3.05, 3.63) is 51.8 Å². The van der Waals surface area contributed by atoms with Gasteiger partial charge in [0.1, 0.15) is 15.2 Å². The number of benzene rings is 1. The molecule has 1 aliphatic heterocycles. The molecule has 0 unspecified atom stereocenters. The van der Waals surface area contributed by atoms with Gasteiger partial charge in [0, 0.05) is 13.1 Å². The second kappa shape index (κ2) is 9.92. The highest BCUT2D eigenvalue weighted by Crippen LogP contribution is 2.26. The van der Waals surface area contributed by atoms with E-state index >= 15 is 0 Å². The number of pyridine rings is 1. The minimum Gasteiger partial charge on any atom is -0.452 e. The van der Waals surface area contributed by atoms with Gasteiger partial charge in [0.15, 0.2) is 6.61 Å². The molecular formula is C19H19Cl2N3O6S. The van der Waals surface area contributed by atoms with Crippen molar-refractivity contribution >= 4 is 50.8 Å². The topological polar surface area (TPSA) is 115 Å². The molecule has 0 spiro atoms. The lowest BCUT2D eigenvalue weighted by Gasteiger charge is -2.27. The first-order valence-electron chi connectivity index (χ1n) is 9.15. The molecule has 1 amide bonds. The predicted octanol–water partition coefficient (Wildman–Crippen LogP) is 2.51. The summed E-state index contributed by atoms with van der Waals surface area (Å²) >= 11 is 11.5. The Bertz CT molecular complexity index is 1080. The number of carbonyl (C=O) groups is 2. The molecule has 1 N–H and O–H groups in total. The highest BCUT2D eigenvalue weighted by Gasteiger charge is 2.29. The van der Waals surface area contributed by atoms with Gasteiger partial charge >= 0.3 is 5.97 Å². The second-order valence-corrected chi connectivity index (χ2v) is 9.32. The van der Waals surface area contributed by atoms with Crippen LogP contribution >= 0.6 is 23.2 Å². The van der Waals surface area contributed by atoms with Crippen molar-refractivity contribution < 1.29 is 27.5 Å². The van der Waals surface area contributed by atoms with E-state index in [-0.39, 0.29) is 39.5 Å². The van der Waals surface area contributed by atoms with Crippen molar-refractivity contribution in [2.75, 3.05) is 38.2 Å². The van der Waals surface area contributed by atoms with E-state index in [2.05, 4.69) is 10.3 Å². The fourth-order valence-corrected chi connectivity index (χ4v) is 4.96. The van der Waals surface area contributed by atoms with Crippen LogP contribution in [0.3, 0.4) is 0 Å². The van der Waals surface area contributed by atoms with Gasteiger partial charge in [-0.15, -0.1) is 0 Å². The first-order valence-corrected chi connectivity index (χ1v) is 11.3. The molecule has 31 heavy (non-hydrogen) atoms. The minimum atomic E-state index is -3.85. The Balaban J connectivity index is 1.72. The van der Waals surface area contributed by atoms with E-state index in [0.29, 0.717) is 18.8 Å². The van der Waals surface area contributed by atoms with E-state index in [0.717, 1.165) is 0 Å². The number of nitrogens with zero attached hydrogens (tertiary/aromatic N) is 2. The summed E-state index contributed by atoms with van der Waals surface area (Å²) < 4.78 is 37.6. The molecule has 0 bridgehead atoms. The van der Waals surface area contributed by atoms with E-state index in [4.69, 9.17) is 32.7 Å². The molecule has 1 aromatic heterocycles. The summed E-state index contributed by atoms with van der Waals surface area (Å²) in [5.41, 5.74) is 0.833. The molecule has 0 atom stereocenters. The fraction of sp³-hybridized carbons (Fsp3) is 0.316. The minimum absolute atomic E-state index is 0.00141. The number of anilines is 1. The molecule has 0 aliphatic carbocycles. The number of hydrogen-bond donors (Lipinski definition) is 1. The Morgan fingerprint density at radius 1 is 1.16 bits per heavy atom. The van der Waals surface area contributed by atoms with Gasteiger partial charge in [0.25, 0.3) is 5.91 Å². The van der Waals surface area contributed by atoms with Crippen LogP contribution in [0.5, 0.6) is 0 Å². The number of hydrogen-bond acceptors (Lipinski definition) is 7. The van der Waals surface area contributed by atoms with Gasteiger partial charge in [-0.2, -0.15) is 4.31 Å². The third-order valence-electron chi connectivity index (χ3n) is 4.33. The second-order valence-electron chi connectivity index (χ2n) is 6.64. The number of aromatic nitrogens is 1. The quantitative estimate of drug-likeness (QED) is 0.491. The van der Waals surface area contributed by atoms with Crippen molar-refractivity contribution in [3.8, 4) is 0 Å². The third kappa shape index (κ3) is 5.92. The highest BCUT2D eigenvalue weighted by molar-refractivity contribution is 7.89. The standard InChI is InChI=1S/C19H19Cl2N3O6S/c1-12-2-3-14(15(8-12)31(27,28)24-4-6-29-7-5-24)22-18(25)11-30-19(26)13-9-16(20)23-17(21)10-13/h2-3,8-10H,4-7,11H2,1H3,(H,22,25). The first kappa shape index (κ1) is 23.4. The summed E-state index contributed by atoms with van der Waals surface area (Å²) in [4.78, 5) is 28.1. The van der Waals surface area contributed by atoms with Gasteiger partial charge in [0.05, 0.1) is 24.5 Å². The molecule has 0 saturated carbocycles. The van der Waals surface area contributed by atoms with Gasteiger partial charge < -0.3 is 14.8 Å². The molecule has 12 heteroatoms. The van der Waals surface area contributed by atoms with Crippen molar-refractivity contribution in [2.24, 2.45) is 0 Å². The predicted molar refractivity (Wildman–Crippen MR) is 114 cm³/mol. The number of esters is 1. The molecule has 2 heterocycles. The number of halogens is 2. The number of carbonyl (C=O) groups excluding carboxylic acids is 2. The van der Waals surface area contributed by atoms with E-state index in [1.54, 1.807) is 13.0 Å². The number of amides is 1. The van der Waals surface area contributed by atoms with E-state index in [1.807, 2.05) is 0 Å². The average molecular weight is 488 g/mol. The maximum Gasteiger partial charge on any atom is 0.338 e. The maximum atomic E-state index is 13.1. The summed E-state index contributed by atoms with van der Waals surface area (Å²) in [7, 11) is -3.85. The summed E-state index contributed by atoms with van der Waals surface area (Å²) in [5.74, 6) is -1.53. The van der Waals surface area contributed by atoms with Gasteiger partial charge in [-0.25, -0.2) is 18.2 Å². The third-order valence-corrected chi connectivity index (χ3v) is 6.66. The number of ether oxygens (including phenoxy) is 2. The van der Waals surface area contributed by atoms with Crippen LogP contribution in [-0.2, 0) is 24.3 Å². The Labute approximate surface area is 189 Å². The number of nitrogens with one attached hydrogen (secondary N) is 1. The Hall–Kier alpha value is -2.24. The van der Waals surface area contributed by atoms with Gasteiger partial charge in [-0.05, 0) is 36.8 Å². The molecular weight excluding hydrogens is 469 g/mol. The SMILES string of the molecule is Cc1ccc(NC(=O)COC(=O)c2cc(Cl)nc(Cl)c2)c(S(=O)(=O)N2CCOCC2)c1. The smallest absolute Gasteiger partial charge is 0.338 e. The number of aryl methyl sites for hydroxylation is 1. The summed E-state index contributed by atoms with van der Waals surface area (Å²) in [6, 6.07) is 7.14. The van der Waals surface area contributed by atoms with Crippen LogP contribution in [0.25, 0.3) is 0 Å². The van der Waals surface area contributed by atoms with Crippen molar-refractivity contribution in [2.45, 2.75) is 11.8 Å². The lowest BCUT2D eigenvalue weighted by molar-refractivity contribution is -0.119. The maximum absolute atomic E-state index is 13.1. The zero-order valence-corrected chi connectivity index (χ0v) is 18.8. The zero-order chi connectivity index (χ0) is 22.6. The van der Waals surface area contributed by atoms with Gasteiger partial charge in [-0.3, -0.25) is 4.79 Å². The molecule has 1 aliphatic rings. The van der Waals surface area contributed by atoms with E-state index in [9.17, 15) is 18.0 Å². The Morgan fingerprint density at radius 2 is 1.81 bits per heavy atom. The molecule has 1 fully saturated rings. The molecule has 2 aromatic rings. The van der Waals surface area contributed by atoms with Gasteiger partial charge in [0.2, 0.25) is 10.0 Å². The Kier molecular flexibility index (Phi) is 7.50. The van der Waals surface area contributed by atoms with E-state index in [1.165, 1.54) is 28.6 Å². The average Bonchev–Trinajstić information content (AvgIpc) is 2.73. The van der Waals surface area contributed by atoms with Crippen LogP contribution in [0, 0.1) is 6.92 Å². The lowest BCUT2D eigenvalue weighted by atomic mass is 10.2. The van der Waals surface area contributed by atoms with Crippen LogP contribution < -0.4 is 5.32 Å². The molecule has 3 rings (SSSR count). The highest BCUT2D eigenvalue weighted by atomic mass is 35.5. The van der Waals surface area contributed by atoms with Crippen LogP contribution in [0.4, 0.5) is 5.69 Å². The zero-order valence-electron chi connectivity index (χ0n) is 16.4. The van der Waals surface area contributed by atoms with Crippen molar-refractivity contribution in [3.63, 3.8) is 0 Å². The summed E-state index contributed by atoms with van der Waals surface area (Å²) in [6.45, 7) is 2.14. The summed E-state index contributed by atoms with van der Waals surface area (Å²) in [6.07, 6.45) is 0. The van der Waals surface area contributed by atoms with Crippen molar-refractivity contribution in [1.29, 1.82) is 0 Å². The normalized spacial score (nSPS) is 14.8. The summed E-state index contributed by atoms with van der Waals surface area (Å²) in [5, 5.41) is 2.50. The van der Waals surface area contributed by atoms with Crippen LogP contribution in [-0.4, -0.2) is 62.5 Å². The van der Waals surface area contributed by atoms with Crippen molar-refractivity contribution in [1.82, 2.24) is 9.29 Å². The number of morpholine rings is 1. The first-order chi connectivity index (χ1) is 14.7. The Morgan fingerprint density at radius 3 is 2.45 bits per heavy atom. The molecule has 166 valence electrons. The van der Waals surface area contributed by atoms with Crippen LogP contribution in [0.15, 0.2) is 35.2 Å². The molecule has 1 aromatic carbocycles. The monoisotopic (exact) mass is 487 g/mol. The van der Waals surface area contributed by atoms with E-state index < -0.39 is 28.5 Å².